The first kappa shape index (κ1) is 18.4. The molecule has 4 heterocycles. The third kappa shape index (κ3) is 2.29. The minimum atomic E-state index is -0.541. The first-order chi connectivity index (χ1) is 14.2. The summed E-state index contributed by atoms with van der Waals surface area (Å²) in [6.45, 7) is 6.07. The summed E-state index contributed by atoms with van der Waals surface area (Å²) in [6, 6.07) is 8.75. The van der Waals surface area contributed by atoms with Gasteiger partial charge in [-0.2, -0.15) is 5.26 Å². The fraction of sp³-hybridized carbons (Fsp3) is 0.364. The van der Waals surface area contributed by atoms with Gasteiger partial charge in [-0.25, -0.2) is 14.3 Å². The Balaban J connectivity index is 1.70. The van der Waals surface area contributed by atoms with Gasteiger partial charge in [0.2, 0.25) is 11.8 Å². The van der Waals surface area contributed by atoms with Crippen LogP contribution < -0.4 is 5.69 Å². The molecule has 2 aliphatic rings. The zero-order valence-electron chi connectivity index (χ0n) is 17.0. The predicted molar refractivity (Wildman–Crippen MR) is 109 cm³/mol. The monoisotopic (exact) mass is 403 g/mol. The molecule has 8 heteroatoms. The van der Waals surface area contributed by atoms with Crippen molar-refractivity contribution in [1.82, 2.24) is 19.0 Å². The lowest BCUT2D eigenvalue weighted by Gasteiger charge is -2.32. The van der Waals surface area contributed by atoms with Crippen molar-refractivity contribution in [1.29, 1.82) is 5.26 Å². The average Bonchev–Trinajstić information content (AvgIpc) is 3.37. The van der Waals surface area contributed by atoms with Crippen LogP contribution in [0.3, 0.4) is 0 Å². The normalized spacial score (nSPS) is 19.9. The molecule has 2 atom stereocenters. The molecule has 3 aromatic rings. The Morgan fingerprint density at radius 3 is 2.63 bits per heavy atom. The van der Waals surface area contributed by atoms with Gasteiger partial charge in [0.25, 0.3) is 0 Å². The molecule has 2 aromatic heterocycles. The van der Waals surface area contributed by atoms with Crippen molar-refractivity contribution in [2.75, 3.05) is 6.54 Å². The molecular weight excluding hydrogens is 382 g/mol. The summed E-state index contributed by atoms with van der Waals surface area (Å²) in [6.07, 6.45) is 2.07. The van der Waals surface area contributed by atoms with Crippen LogP contribution in [0, 0.1) is 16.7 Å². The second-order valence-electron chi connectivity index (χ2n) is 8.96. The van der Waals surface area contributed by atoms with E-state index in [4.69, 9.17) is 0 Å². The number of aromatic hydroxyl groups is 1. The van der Waals surface area contributed by atoms with Crippen LogP contribution in [0.2, 0.25) is 0 Å². The fourth-order valence-electron chi connectivity index (χ4n) is 4.76. The van der Waals surface area contributed by atoms with E-state index in [1.54, 1.807) is 27.7 Å². The second-order valence-corrected chi connectivity index (χ2v) is 8.96. The van der Waals surface area contributed by atoms with Crippen LogP contribution in [-0.4, -0.2) is 36.6 Å². The largest absolute Gasteiger partial charge is 0.493 e. The molecule has 1 amide bonds. The highest BCUT2D eigenvalue weighted by Gasteiger charge is 2.50. The Kier molecular flexibility index (Phi) is 3.66. The molecule has 1 aromatic carbocycles. The zero-order chi connectivity index (χ0) is 21.4. The first-order valence-electron chi connectivity index (χ1n) is 9.89. The highest BCUT2D eigenvalue weighted by Crippen LogP contribution is 2.49. The quantitative estimate of drug-likeness (QED) is 0.673. The van der Waals surface area contributed by atoms with Crippen LogP contribution in [0.15, 0.2) is 35.3 Å². The van der Waals surface area contributed by atoms with E-state index in [1.807, 2.05) is 26.8 Å². The van der Waals surface area contributed by atoms with Gasteiger partial charge in [-0.1, -0.05) is 45.0 Å². The summed E-state index contributed by atoms with van der Waals surface area (Å²) >= 11 is 0. The van der Waals surface area contributed by atoms with E-state index in [0.717, 1.165) is 0 Å². The number of nitriles is 1. The van der Waals surface area contributed by atoms with E-state index in [0.29, 0.717) is 35.1 Å². The Morgan fingerprint density at radius 1 is 1.27 bits per heavy atom. The number of pyridine rings is 1. The van der Waals surface area contributed by atoms with Crippen LogP contribution in [-0.2, 0) is 4.79 Å². The summed E-state index contributed by atoms with van der Waals surface area (Å²) in [7, 11) is 0. The summed E-state index contributed by atoms with van der Waals surface area (Å²) < 4.78 is 2.86. The number of rotatable bonds is 1. The number of benzene rings is 1. The lowest BCUT2D eigenvalue weighted by Crippen LogP contribution is -2.43. The number of amides is 1. The van der Waals surface area contributed by atoms with Gasteiger partial charge in [0, 0.05) is 22.7 Å². The van der Waals surface area contributed by atoms with Crippen molar-refractivity contribution < 1.29 is 9.90 Å². The van der Waals surface area contributed by atoms with E-state index < -0.39 is 5.41 Å². The molecule has 2 aliphatic heterocycles. The number of nitrogens with zero attached hydrogens (tertiary/aromatic N) is 5. The van der Waals surface area contributed by atoms with Crippen molar-refractivity contribution in [3.63, 3.8) is 0 Å². The van der Waals surface area contributed by atoms with Gasteiger partial charge in [0.1, 0.15) is 17.5 Å². The van der Waals surface area contributed by atoms with Gasteiger partial charge in [-0.15, -0.1) is 0 Å². The van der Waals surface area contributed by atoms with Gasteiger partial charge in [-0.3, -0.25) is 9.36 Å². The molecule has 1 saturated heterocycles. The third-order valence-electron chi connectivity index (χ3n) is 6.08. The molecule has 2 bridgehead atoms. The number of aromatic nitrogens is 3. The molecule has 152 valence electrons. The molecule has 0 saturated carbocycles. The van der Waals surface area contributed by atoms with Crippen LogP contribution >= 0.6 is 0 Å². The van der Waals surface area contributed by atoms with Crippen LogP contribution in [0.4, 0.5) is 0 Å². The molecule has 1 N–H and O–H groups in total. The fourth-order valence-corrected chi connectivity index (χ4v) is 4.76. The smallest absolute Gasteiger partial charge is 0.336 e. The van der Waals surface area contributed by atoms with Crippen molar-refractivity contribution in [2.45, 2.75) is 39.3 Å². The number of carbonyl (C=O) groups excluding carboxylic acids is 1. The van der Waals surface area contributed by atoms with E-state index >= 15 is 0 Å². The predicted octanol–water partition coefficient (Wildman–Crippen LogP) is 2.64. The van der Waals surface area contributed by atoms with E-state index in [-0.39, 0.29) is 35.3 Å². The maximum absolute atomic E-state index is 13.3. The molecular formula is C22H21N5O3. The molecule has 30 heavy (non-hydrogen) atoms. The van der Waals surface area contributed by atoms with Gasteiger partial charge in [0.05, 0.1) is 24.0 Å². The molecule has 2 unspecified atom stereocenters. The van der Waals surface area contributed by atoms with Crippen molar-refractivity contribution >= 4 is 16.7 Å². The SMILES string of the molecule is CC(C)(C)C(=O)N1CC2CC1c1c(O)n(-c3cnc(C#N)c4ccccc34)c(=O)n12. The van der Waals surface area contributed by atoms with Crippen LogP contribution in [0.25, 0.3) is 16.5 Å². The zero-order valence-corrected chi connectivity index (χ0v) is 17.0. The summed E-state index contributed by atoms with van der Waals surface area (Å²) in [5.41, 5.74) is 0.260. The Bertz CT molecular complexity index is 1320. The standard InChI is InChI=1S/C22H21N5O3/c1-22(2,3)20(29)25-11-12-8-16(25)18-19(28)27(21(30)26(12)18)17-10-24-15(9-23)13-6-4-5-7-14(13)17/h4-7,10,12,16,28H,8,11H2,1-3H3. The number of hydrogen-bond donors (Lipinski definition) is 1. The maximum Gasteiger partial charge on any atom is 0.336 e. The van der Waals surface area contributed by atoms with Crippen molar-refractivity contribution in [3.8, 4) is 17.6 Å². The summed E-state index contributed by atoms with van der Waals surface area (Å²) in [5, 5.41) is 21.7. The maximum atomic E-state index is 13.3. The summed E-state index contributed by atoms with van der Waals surface area (Å²) in [5.74, 6) is -0.165. The first-order valence-corrected chi connectivity index (χ1v) is 9.89. The molecule has 0 spiro atoms. The highest BCUT2D eigenvalue weighted by atomic mass is 16.3. The Hall–Kier alpha value is -3.60. The van der Waals surface area contributed by atoms with E-state index in [1.165, 1.54) is 10.8 Å². The van der Waals surface area contributed by atoms with Gasteiger partial charge in [0.15, 0.2) is 0 Å². The van der Waals surface area contributed by atoms with Crippen molar-refractivity contribution in [2.24, 2.45) is 5.41 Å². The van der Waals surface area contributed by atoms with Gasteiger partial charge in [-0.05, 0) is 6.42 Å². The van der Waals surface area contributed by atoms with Gasteiger partial charge < -0.3 is 10.0 Å². The lowest BCUT2D eigenvalue weighted by atomic mass is 9.94. The number of carbonyl (C=O) groups is 1. The Morgan fingerprint density at radius 2 is 1.97 bits per heavy atom. The molecule has 1 fully saturated rings. The lowest BCUT2D eigenvalue weighted by molar-refractivity contribution is -0.141. The molecule has 0 radical (unpaired) electrons. The van der Waals surface area contributed by atoms with Crippen molar-refractivity contribution in [3.05, 3.63) is 52.3 Å². The highest BCUT2D eigenvalue weighted by molar-refractivity contribution is 5.93. The second kappa shape index (κ2) is 5.95. The molecule has 5 rings (SSSR count). The van der Waals surface area contributed by atoms with E-state index in [2.05, 4.69) is 11.1 Å². The average molecular weight is 403 g/mol. The topological polar surface area (TPSA) is 104 Å². The molecule has 8 nitrogen and oxygen atoms in total. The number of likely N-dealkylation sites (tertiary alicyclic amines) is 1. The third-order valence-corrected chi connectivity index (χ3v) is 6.08. The van der Waals surface area contributed by atoms with Crippen LogP contribution in [0.1, 0.15) is 50.7 Å². The number of hydrogen-bond acceptors (Lipinski definition) is 5. The minimum absolute atomic E-state index is 0.00587. The van der Waals surface area contributed by atoms with Crippen LogP contribution in [0.5, 0.6) is 5.88 Å². The number of fused-ring (bicyclic) bond motifs is 6. The molecule has 0 aliphatic carbocycles. The van der Waals surface area contributed by atoms with E-state index in [9.17, 15) is 20.0 Å². The summed E-state index contributed by atoms with van der Waals surface area (Å²) in [4.78, 5) is 32.2. The minimum Gasteiger partial charge on any atom is -0.493 e. The Labute approximate surface area is 172 Å². The van der Waals surface area contributed by atoms with Gasteiger partial charge >= 0.3 is 5.69 Å². The number of imidazole rings is 1.